The van der Waals surface area contributed by atoms with Gasteiger partial charge in [-0.15, -0.1) is 30.6 Å². The van der Waals surface area contributed by atoms with E-state index in [1.807, 2.05) is 36.4 Å². The highest BCUT2D eigenvalue weighted by molar-refractivity contribution is 9.11. The number of aromatic nitrogens is 12. The third kappa shape index (κ3) is 18.9. The van der Waals surface area contributed by atoms with Crippen molar-refractivity contribution in [3.05, 3.63) is 305 Å². The molecule has 3 aromatic heterocycles. The van der Waals surface area contributed by atoms with Crippen molar-refractivity contribution >= 4 is 163 Å². The minimum absolute atomic E-state index is 0.0125. The predicted molar refractivity (Wildman–Crippen MR) is 559 cm³/mol. The molecule has 5 spiro atoms. The van der Waals surface area contributed by atoms with Crippen molar-refractivity contribution in [2.24, 2.45) is 0 Å². The fraction of sp³-hybridized carbons (Fsp3) is 0.404. The van der Waals surface area contributed by atoms with E-state index in [0.29, 0.717) is 30.4 Å². The number of aryl methyl sites for hydroxylation is 3. The van der Waals surface area contributed by atoms with Gasteiger partial charge in [0.15, 0.2) is 17.5 Å². The fourth-order valence-electron chi connectivity index (χ4n) is 24.9. The van der Waals surface area contributed by atoms with Gasteiger partial charge in [0.25, 0.3) is 0 Å². The molecule has 23 rings (SSSR count). The number of H-pyrrole nitrogens is 3. The number of nitrogens with zero attached hydrogens (tertiary/aromatic N) is 14. The number of carbonyl (C=O) groups is 2. The lowest BCUT2D eigenvalue weighted by atomic mass is 9.62. The summed E-state index contributed by atoms with van der Waals surface area (Å²) in [6, 6.07) is 65.4. The van der Waals surface area contributed by atoms with E-state index >= 15 is 0 Å². The summed E-state index contributed by atoms with van der Waals surface area (Å²) in [5.74, 6) is 0.642. The molecule has 0 radical (unpaired) electrons. The molecule has 5 aliphatic heterocycles. The predicted octanol–water partition coefficient (Wildman–Crippen LogP) is 28.2. The number of aromatic amines is 3. The van der Waals surface area contributed by atoms with Crippen LogP contribution in [0, 0.1) is 13.8 Å². The van der Waals surface area contributed by atoms with Crippen LogP contribution in [-0.4, -0.2) is 117 Å². The number of fused-ring (bicyclic) bond motifs is 20. The van der Waals surface area contributed by atoms with Gasteiger partial charge in [0.1, 0.15) is 0 Å². The highest BCUT2D eigenvalue weighted by Gasteiger charge is 2.51. The van der Waals surface area contributed by atoms with Crippen molar-refractivity contribution in [1.29, 1.82) is 0 Å². The lowest BCUT2D eigenvalue weighted by Crippen LogP contribution is -2.39. The summed E-state index contributed by atoms with van der Waals surface area (Å²) >= 11 is 37.4. The standard InChI is InChI=1S/C23H26BrN5.C22H24BrN5.C22H24BrNO2.C21H21Cl2N5.C21H21Cl2NO2/c1-2-16-6-8-20-18(14-16)23(11-4-3-5-12-23)19-15-17(24)7-9-21(19)29(20)13-10-22-25-27-28-26-22;1-15-5-7-19-17(13-15)22(10-3-2-4-11-22)18-14-16(23)6-8-20(18)28(19)12-9-21-24-26-27-25-21;1-15-5-7-19-17(13-15)22(10-3-2-4-11-22)18-14-16(23)6-8-20(18)24(19)12-9-21(25)26;22-14-7-8-18-16(13-14)21(10-2-1-3-11-21)15-5-4-6-17(23)20(15)28(18)12-9-19-24-26-27-25-19;22-14-7-8-18-16(13-14)21(10-2-1-3-11-21)15-5-4-6-17(23)20(15)24(18)12-9-19(25)26/h6-9,14-15H,2-5,10-13H2,1H3,(H,25,26,27,28);5-8,13-14H,2-4,9-12H2,1H3,(H,24,25,26,27);5-8,13-14H,2-4,9-12H2,1H3,(H,25,26);4-8,13H,1-3,9-12H2,(H,24,25,26,27);4-8,13H,1-3,9-12H2,(H,25,26). The molecule has 28 heteroatoms. The van der Waals surface area contributed by atoms with E-state index in [9.17, 15) is 19.8 Å². The Balaban J connectivity index is 0.000000110. The molecule has 8 heterocycles. The molecule has 0 atom stereocenters. The molecule has 5 aliphatic carbocycles. The molecule has 13 aromatic rings. The Morgan fingerprint density at radius 3 is 0.942 bits per heavy atom. The first kappa shape index (κ1) is 95.9. The molecule has 0 unspecified atom stereocenters. The molecule has 137 heavy (non-hydrogen) atoms. The maximum Gasteiger partial charge on any atom is 0.305 e. The van der Waals surface area contributed by atoms with Gasteiger partial charge < -0.3 is 34.7 Å². The Morgan fingerprint density at radius 2 is 0.606 bits per heavy atom. The lowest BCUT2D eigenvalue weighted by Gasteiger charge is -2.48. The molecule has 10 aromatic carbocycles. The van der Waals surface area contributed by atoms with Gasteiger partial charge in [0.2, 0.25) is 0 Å². The number of hydrogen-bond donors (Lipinski definition) is 5. The minimum Gasteiger partial charge on any atom is -0.481 e. The first-order valence-electron chi connectivity index (χ1n) is 49.0. The second-order valence-corrected chi connectivity index (χ2v) is 43.3. The minimum atomic E-state index is -0.813. The maximum absolute atomic E-state index is 11.2. The number of anilines is 10. The smallest absolute Gasteiger partial charge is 0.305 e. The number of rotatable bonds is 16. The van der Waals surface area contributed by atoms with Gasteiger partial charge in [-0.25, -0.2) is 0 Å². The number of carboxylic acids is 2. The molecule has 0 bridgehead atoms. The number of para-hydroxylation sites is 2. The van der Waals surface area contributed by atoms with Crippen LogP contribution >= 0.6 is 94.2 Å². The zero-order chi connectivity index (χ0) is 94.7. The van der Waals surface area contributed by atoms with Gasteiger partial charge in [0.05, 0.1) is 34.3 Å². The van der Waals surface area contributed by atoms with Crippen LogP contribution in [0.15, 0.2) is 195 Å². The van der Waals surface area contributed by atoms with Crippen molar-refractivity contribution in [2.75, 3.05) is 57.2 Å². The van der Waals surface area contributed by atoms with E-state index in [0.717, 1.165) is 122 Å². The Kier molecular flexibility index (Phi) is 29.0. The van der Waals surface area contributed by atoms with Crippen molar-refractivity contribution in [1.82, 2.24) is 61.9 Å². The van der Waals surface area contributed by atoms with Gasteiger partial charge in [-0.05, 0) is 267 Å². The number of halogens is 7. The highest BCUT2D eigenvalue weighted by Crippen LogP contribution is 2.64. The van der Waals surface area contributed by atoms with Crippen LogP contribution in [0.4, 0.5) is 56.9 Å². The van der Waals surface area contributed by atoms with E-state index < -0.39 is 11.9 Å². The van der Waals surface area contributed by atoms with Crippen molar-refractivity contribution in [2.45, 2.75) is 247 Å². The number of carboxylic acid groups (broad SMARTS) is 2. The average Bonchev–Trinajstić information content (AvgIpc) is 1.13. The van der Waals surface area contributed by atoms with Crippen LogP contribution < -0.4 is 24.5 Å². The monoisotopic (exact) mass is 2100 g/mol. The largest absolute Gasteiger partial charge is 0.481 e. The van der Waals surface area contributed by atoms with Crippen molar-refractivity contribution in [3.8, 4) is 0 Å². The zero-order valence-electron chi connectivity index (χ0n) is 77.9. The normalized spacial score (nSPS) is 17.5. The van der Waals surface area contributed by atoms with Crippen LogP contribution in [0.2, 0.25) is 20.1 Å². The van der Waals surface area contributed by atoms with Crippen LogP contribution in [0.3, 0.4) is 0 Å². The molecule has 10 aliphatic rings. The number of tetrazole rings is 3. The Bertz CT molecular complexity index is 6340. The Hall–Kier alpha value is -10.1. The van der Waals surface area contributed by atoms with Crippen LogP contribution in [0.1, 0.15) is 270 Å². The molecular formula is C109H116Br3Cl4N17O4. The number of nitrogens with one attached hydrogen (secondary N) is 3. The third-order valence-corrected chi connectivity index (χ3v) is 33.6. The van der Waals surface area contributed by atoms with E-state index in [-0.39, 0.29) is 39.9 Å². The second-order valence-electron chi connectivity index (χ2n) is 38.8. The molecule has 21 nitrogen and oxygen atoms in total. The topological polar surface area (TPSA) is 254 Å². The summed E-state index contributed by atoms with van der Waals surface area (Å²) in [4.78, 5) is 34.0. The maximum atomic E-state index is 11.2. The molecule has 0 saturated heterocycles. The van der Waals surface area contributed by atoms with Gasteiger partial charge in [-0.1, -0.05) is 285 Å². The van der Waals surface area contributed by atoms with Gasteiger partial charge in [0, 0.05) is 148 Å². The van der Waals surface area contributed by atoms with E-state index in [1.165, 1.54) is 247 Å². The first-order valence-corrected chi connectivity index (χ1v) is 52.9. The molecule has 5 fully saturated rings. The first-order chi connectivity index (χ1) is 66.6. The summed E-state index contributed by atoms with van der Waals surface area (Å²) in [7, 11) is 0. The third-order valence-electron chi connectivity index (χ3n) is 31.0. The Labute approximate surface area is 847 Å². The molecule has 5 N–H and O–H groups in total. The van der Waals surface area contributed by atoms with E-state index in [1.54, 1.807) is 0 Å². The lowest BCUT2D eigenvalue weighted by molar-refractivity contribution is -0.137. The van der Waals surface area contributed by atoms with Crippen LogP contribution in [0.5, 0.6) is 0 Å². The summed E-state index contributed by atoms with van der Waals surface area (Å²) < 4.78 is 3.41. The van der Waals surface area contributed by atoms with Gasteiger partial charge in [-0.2, -0.15) is 15.6 Å². The SMILES string of the molecule is CCc1ccc2c(c1)C1(CCCCC1)c1cc(Br)ccc1N2CCc1nn[nH]n1.Cc1ccc2c(c1)C1(CCCCC1)c1cc(Br)ccc1N2CCC(=O)O.Cc1ccc2c(c1)C1(CCCCC1)c1cc(Br)ccc1N2CCc1nn[nH]n1.Clc1ccc2c(c1)C1(CCCCC1)c1cccc(Cl)c1N2CCc1nn[nH]n1.O=C(O)CCN1c2ccc(Cl)cc2C2(CCCCC2)c2cccc(Cl)c21. The van der Waals surface area contributed by atoms with E-state index in [4.69, 9.17) is 46.4 Å². The quantitative estimate of drug-likeness (QED) is 0.0603. The van der Waals surface area contributed by atoms with Crippen molar-refractivity contribution < 1.29 is 19.8 Å². The number of aliphatic carboxylic acids is 2. The second kappa shape index (κ2) is 41.4. The van der Waals surface area contributed by atoms with Gasteiger partial charge in [-0.3, -0.25) is 9.59 Å². The van der Waals surface area contributed by atoms with Crippen LogP contribution in [0.25, 0.3) is 0 Å². The number of benzene rings is 10. The van der Waals surface area contributed by atoms with E-state index in [2.05, 4.69) is 301 Å². The summed E-state index contributed by atoms with van der Waals surface area (Å²) in [6.45, 7) is 9.87. The molecule has 0 amide bonds. The highest BCUT2D eigenvalue weighted by atomic mass is 79.9. The average molecular weight is 2110 g/mol. The zero-order valence-corrected chi connectivity index (χ0v) is 85.7. The summed E-state index contributed by atoms with van der Waals surface area (Å²) in [5.41, 5.74) is 30.0. The fourth-order valence-corrected chi connectivity index (χ4v) is 26.9. The summed E-state index contributed by atoms with van der Waals surface area (Å²) in [5, 5.41) is 65.0. The number of hydrogen-bond acceptors (Lipinski definition) is 16. The molecule has 710 valence electrons. The molecular weight excluding hydrogens is 1990 g/mol. The summed E-state index contributed by atoms with van der Waals surface area (Å²) in [6.07, 6.45) is 34.1. The molecule has 5 saturated carbocycles. The van der Waals surface area contributed by atoms with Gasteiger partial charge >= 0.3 is 11.9 Å². The van der Waals surface area contributed by atoms with Crippen LogP contribution in [-0.2, 0) is 62.3 Å². The van der Waals surface area contributed by atoms with Crippen molar-refractivity contribution in [3.63, 3.8) is 0 Å². The Morgan fingerprint density at radius 1 is 0.328 bits per heavy atom.